The van der Waals surface area contributed by atoms with Crippen molar-refractivity contribution in [3.63, 3.8) is 0 Å². The van der Waals surface area contributed by atoms with Crippen LogP contribution in [0.2, 0.25) is 0 Å². The quantitative estimate of drug-likeness (QED) is 0.698. The number of carbonyl (C=O) groups is 1. The van der Waals surface area contributed by atoms with Gasteiger partial charge in [-0.25, -0.2) is 4.79 Å². The normalized spacial score (nSPS) is 36.7. The van der Waals surface area contributed by atoms with E-state index in [1.54, 1.807) is 6.07 Å². The van der Waals surface area contributed by atoms with Gasteiger partial charge in [0.15, 0.2) is 0 Å². The molecule has 7 rings (SSSR count). The summed E-state index contributed by atoms with van der Waals surface area (Å²) in [6.45, 7) is 4.74. The summed E-state index contributed by atoms with van der Waals surface area (Å²) < 4.78 is 5.02. The van der Waals surface area contributed by atoms with Crippen LogP contribution in [-0.2, 0) is 11.8 Å². The molecule has 2 heterocycles. The Hall–Kier alpha value is -2.60. The van der Waals surface area contributed by atoms with Crippen LogP contribution in [0.1, 0.15) is 66.9 Å². The van der Waals surface area contributed by atoms with Crippen LogP contribution in [-0.4, -0.2) is 53.0 Å². The van der Waals surface area contributed by atoms with Crippen molar-refractivity contribution in [3.05, 3.63) is 63.7 Å². The standard InChI is InChI=1S/C30H36N2O4/c1-18-15-29-10-9-24(31(2)28(35)21-6-8-26(34)36-17-21)27(18)30(29)11-12-32(16-19-3-4-19)25(29)13-20-5-7-22(33)14-23(20)30/h5-8,14,17-19,24-25,27,33H,3-4,9-13,15-16H2,1-2H3/t18-,24?,25?,27?,29?,30?/m0/s1. The molecule has 1 saturated heterocycles. The maximum absolute atomic E-state index is 13.6. The fraction of sp³-hybridized carbons (Fsp3) is 0.600. The van der Waals surface area contributed by atoms with Crippen molar-refractivity contribution < 1.29 is 14.3 Å². The second-order valence-corrected chi connectivity index (χ2v) is 12.4. The number of piperidine rings is 1. The van der Waals surface area contributed by atoms with Crippen LogP contribution in [0.15, 0.2) is 45.8 Å². The molecule has 1 aromatic carbocycles. The van der Waals surface area contributed by atoms with Crippen LogP contribution < -0.4 is 5.63 Å². The molecule has 1 aromatic heterocycles. The molecular formula is C30H36N2O4. The van der Waals surface area contributed by atoms with Crippen molar-refractivity contribution in [3.8, 4) is 5.75 Å². The summed E-state index contributed by atoms with van der Waals surface area (Å²) in [5.74, 6) is 1.97. The van der Waals surface area contributed by atoms with Gasteiger partial charge < -0.3 is 14.4 Å². The van der Waals surface area contributed by atoms with E-state index in [2.05, 4.69) is 24.0 Å². The largest absolute Gasteiger partial charge is 0.508 e. The molecule has 0 spiro atoms. The summed E-state index contributed by atoms with van der Waals surface area (Å²) in [4.78, 5) is 29.8. The van der Waals surface area contributed by atoms with Crippen molar-refractivity contribution in [1.29, 1.82) is 0 Å². The van der Waals surface area contributed by atoms with Gasteiger partial charge in [-0.1, -0.05) is 13.0 Å². The number of phenolic OH excluding ortho intramolecular Hbond substituents is 1. The van der Waals surface area contributed by atoms with Gasteiger partial charge in [0.2, 0.25) is 0 Å². The molecular weight excluding hydrogens is 452 g/mol. The molecule has 190 valence electrons. The fourth-order valence-electron chi connectivity index (χ4n) is 9.55. The van der Waals surface area contributed by atoms with Crippen LogP contribution in [0.4, 0.5) is 0 Å². The maximum Gasteiger partial charge on any atom is 0.335 e. The number of benzene rings is 1. The highest BCUT2D eigenvalue weighted by molar-refractivity contribution is 5.93. The molecule has 5 unspecified atom stereocenters. The van der Waals surface area contributed by atoms with Gasteiger partial charge in [0, 0.05) is 37.2 Å². The van der Waals surface area contributed by atoms with E-state index in [1.165, 1.54) is 49.3 Å². The Labute approximate surface area is 212 Å². The predicted molar refractivity (Wildman–Crippen MR) is 136 cm³/mol. The first kappa shape index (κ1) is 22.6. The maximum atomic E-state index is 13.6. The van der Waals surface area contributed by atoms with Gasteiger partial charge in [-0.2, -0.15) is 0 Å². The number of carbonyl (C=O) groups excluding carboxylic acids is 1. The van der Waals surface area contributed by atoms with Gasteiger partial charge in [0.05, 0.1) is 5.56 Å². The number of fused-ring (bicyclic) bond motifs is 1. The van der Waals surface area contributed by atoms with E-state index < -0.39 is 5.63 Å². The highest BCUT2D eigenvalue weighted by Gasteiger charge is 2.73. The van der Waals surface area contributed by atoms with Gasteiger partial charge in [0.25, 0.3) is 5.91 Å². The molecule has 36 heavy (non-hydrogen) atoms. The molecule has 6 atom stereocenters. The minimum absolute atomic E-state index is 0.0236. The lowest BCUT2D eigenvalue weighted by atomic mass is 9.43. The lowest BCUT2D eigenvalue weighted by molar-refractivity contribution is -0.105. The Morgan fingerprint density at radius 3 is 2.78 bits per heavy atom. The van der Waals surface area contributed by atoms with E-state index in [0.717, 1.165) is 38.1 Å². The van der Waals surface area contributed by atoms with Crippen LogP contribution in [0.3, 0.4) is 0 Å². The average Bonchev–Trinajstić information content (AvgIpc) is 3.66. The van der Waals surface area contributed by atoms with Crippen molar-refractivity contribution in [2.24, 2.45) is 23.2 Å². The molecule has 3 saturated carbocycles. The Balaban J connectivity index is 1.33. The third kappa shape index (κ3) is 2.94. The third-order valence-corrected chi connectivity index (χ3v) is 10.9. The number of nitrogens with zero attached hydrogens (tertiary/aromatic N) is 2. The summed E-state index contributed by atoms with van der Waals surface area (Å²) >= 11 is 0. The van der Waals surface area contributed by atoms with E-state index in [0.29, 0.717) is 29.2 Å². The predicted octanol–water partition coefficient (Wildman–Crippen LogP) is 4.20. The SMILES string of the molecule is C[C@H]1CC23CCC(N(C)C(=O)c4ccc(=O)oc4)C1C21CCN(CC2CC2)C3Cc2ccc(O)cc21. The molecule has 1 N–H and O–H groups in total. The molecule has 4 bridgehead atoms. The second-order valence-electron chi connectivity index (χ2n) is 12.4. The minimum Gasteiger partial charge on any atom is -0.508 e. The van der Waals surface area contributed by atoms with Crippen molar-refractivity contribution in [2.45, 2.75) is 69.4 Å². The number of likely N-dealkylation sites (tertiary alicyclic amines) is 1. The van der Waals surface area contributed by atoms with Gasteiger partial charge in [-0.05, 0) is 104 Å². The van der Waals surface area contributed by atoms with Crippen molar-refractivity contribution >= 4 is 5.91 Å². The number of hydrogen-bond acceptors (Lipinski definition) is 5. The van der Waals surface area contributed by atoms with Crippen LogP contribution in [0.25, 0.3) is 0 Å². The molecule has 4 fully saturated rings. The van der Waals surface area contributed by atoms with Crippen molar-refractivity contribution in [1.82, 2.24) is 9.80 Å². The molecule has 1 aliphatic heterocycles. The van der Waals surface area contributed by atoms with Crippen molar-refractivity contribution in [2.75, 3.05) is 20.1 Å². The lowest BCUT2D eigenvalue weighted by Crippen LogP contribution is -2.70. The molecule has 4 aliphatic carbocycles. The van der Waals surface area contributed by atoms with Gasteiger partial charge in [-0.3, -0.25) is 9.69 Å². The summed E-state index contributed by atoms with van der Waals surface area (Å²) in [5, 5.41) is 10.6. The van der Waals surface area contributed by atoms with E-state index in [1.807, 2.05) is 18.0 Å². The number of hydrogen-bond donors (Lipinski definition) is 1. The fourth-order valence-corrected chi connectivity index (χ4v) is 9.55. The summed E-state index contributed by atoms with van der Waals surface area (Å²) in [7, 11) is 1.93. The Kier molecular flexibility index (Phi) is 4.83. The first-order valence-corrected chi connectivity index (χ1v) is 13.8. The van der Waals surface area contributed by atoms with Gasteiger partial charge in [0.1, 0.15) is 12.0 Å². The molecule has 0 radical (unpaired) electrons. The minimum atomic E-state index is -0.442. The number of phenols is 1. The summed E-state index contributed by atoms with van der Waals surface area (Å²) in [6.07, 6.45) is 9.52. The van der Waals surface area contributed by atoms with Crippen LogP contribution in [0.5, 0.6) is 5.75 Å². The highest BCUT2D eigenvalue weighted by Crippen LogP contribution is 2.74. The van der Waals surface area contributed by atoms with E-state index in [4.69, 9.17) is 4.42 Å². The first-order chi connectivity index (χ1) is 17.3. The number of rotatable bonds is 4. The zero-order valence-corrected chi connectivity index (χ0v) is 21.3. The Morgan fingerprint density at radius 1 is 1.19 bits per heavy atom. The molecule has 5 aliphatic rings. The van der Waals surface area contributed by atoms with Crippen LogP contribution >= 0.6 is 0 Å². The smallest absolute Gasteiger partial charge is 0.335 e. The lowest BCUT2D eigenvalue weighted by Gasteiger charge is -2.67. The Morgan fingerprint density at radius 2 is 2.03 bits per heavy atom. The molecule has 1 amide bonds. The monoisotopic (exact) mass is 488 g/mol. The van der Waals surface area contributed by atoms with Gasteiger partial charge in [-0.15, -0.1) is 0 Å². The molecule has 6 heteroatoms. The van der Waals surface area contributed by atoms with E-state index in [9.17, 15) is 14.7 Å². The number of aromatic hydroxyl groups is 1. The highest BCUT2D eigenvalue weighted by atomic mass is 16.4. The third-order valence-electron chi connectivity index (χ3n) is 10.9. The topological polar surface area (TPSA) is 74.0 Å². The second kappa shape index (κ2) is 7.70. The van der Waals surface area contributed by atoms with E-state index in [-0.39, 0.29) is 22.8 Å². The summed E-state index contributed by atoms with van der Waals surface area (Å²) in [5.41, 5.74) is 2.91. The Bertz CT molecular complexity index is 1260. The zero-order chi connectivity index (χ0) is 24.8. The van der Waals surface area contributed by atoms with Gasteiger partial charge >= 0.3 is 5.63 Å². The summed E-state index contributed by atoms with van der Waals surface area (Å²) in [6, 6.07) is 9.65. The van der Waals surface area contributed by atoms with Crippen LogP contribution in [0, 0.1) is 23.2 Å². The average molecular weight is 489 g/mol. The molecule has 2 aromatic rings. The number of amides is 1. The zero-order valence-electron chi connectivity index (χ0n) is 21.3. The van der Waals surface area contributed by atoms with E-state index >= 15 is 0 Å². The molecule has 6 nitrogen and oxygen atoms in total. The first-order valence-electron chi connectivity index (χ1n) is 13.8.